The number of imidazole rings is 1. The molecule has 33 heavy (non-hydrogen) atoms. The number of aryl methyl sites for hydroxylation is 3. The topological polar surface area (TPSA) is 102 Å². The van der Waals surface area contributed by atoms with Crippen LogP contribution in [0, 0.1) is 6.92 Å². The minimum Gasteiger partial charge on any atom is -0.322 e. The van der Waals surface area contributed by atoms with Crippen molar-refractivity contribution in [2.24, 2.45) is 14.1 Å². The number of carbonyl (C=O) groups excluding carboxylic acids is 1. The lowest BCUT2D eigenvalue weighted by molar-refractivity contribution is 0.102. The van der Waals surface area contributed by atoms with Gasteiger partial charge in [-0.25, -0.2) is 13.2 Å². The van der Waals surface area contributed by atoms with E-state index >= 15 is 0 Å². The van der Waals surface area contributed by atoms with Crippen molar-refractivity contribution in [2.75, 3.05) is 10.0 Å². The lowest BCUT2D eigenvalue weighted by Gasteiger charge is -2.11. The molecule has 0 radical (unpaired) electrons. The van der Waals surface area contributed by atoms with Crippen molar-refractivity contribution in [3.63, 3.8) is 0 Å². The average molecular weight is 485 g/mol. The van der Waals surface area contributed by atoms with Crippen LogP contribution in [0.15, 0.2) is 70.4 Å². The normalized spacial score (nSPS) is 11.5. The third-order valence-corrected chi connectivity index (χ3v) is 7.03. The van der Waals surface area contributed by atoms with E-state index in [0.717, 1.165) is 11.1 Å². The van der Waals surface area contributed by atoms with Gasteiger partial charge in [-0.05, 0) is 55.5 Å². The Labute approximate surface area is 195 Å². The number of hydrogen-bond acceptors (Lipinski definition) is 4. The van der Waals surface area contributed by atoms with E-state index in [1.165, 1.54) is 39.5 Å². The maximum atomic E-state index is 12.7. The van der Waals surface area contributed by atoms with Crippen LogP contribution in [0.25, 0.3) is 11.0 Å². The highest BCUT2D eigenvalue weighted by Crippen LogP contribution is 2.27. The molecule has 0 aliphatic heterocycles. The summed E-state index contributed by atoms with van der Waals surface area (Å²) in [7, 11) is -0.486. The van der Waals surface area contributed by atoms with Crippen LogP contribution in [0.1, 0.15) is 15.9 Å². The summed E-state index contributed by atoms with van der Waals surface area (Å²) < 4.78 is 30.7. The molecule has 0 spiro atoms. The molecule has 1 amide bonds. The van der Waals surface area contributed by atoms with Gasteiger partial charge in [0.1, 0.15) is 0 Å². The first-order valence-corrected chi connectivity index (χ1v) is 11.8. The summed E-state index contributed by atoms with van der Waals surface area (Å²) in [6.45, 7) is 1.86. The van der Waals surface area contributed by atoms with Gasteiger partial charge < -0.3 is 5.32 Å². The van der Waals surface area contributed by atoms with Gasteiger partial charge in [0.2, 0.25) is 0 Å². The van der Waals surface area contributed by atoms with Crippen LogP contribution in [0.5, 0.6) is 0 Å². The molecule has 10 heteroatoms. The first-order valence-electron chi connectivity index (χ1n) is 9.93. The lowest BCUT2D eigenvalue weighted by atomic mass is 10.2. The summed E-state index contributed by atoms with van der Waals surface area (Å²) in [4.78, 5) is 24.9. The number of carbonyl (C=O) groups is 1. The molecule has 3 aromatic carbocycles. The molecule has 0 saturated carbocycles. The van der Waals surface area contributed by atoms with Crippen molar-refractivity contribution in [3.8, 4) is 0 Å². The second-order valence-corrected chi connectivity index (χ2v) is 9.76. The highest BCUT2D eigenvalue weighted by atomic mass is 35.5. The van der Waals surface area contributed by atoms with Gasteiger partial charge in [-0.1, -0.05) is 29.3 Å². The first kappa shape index (κ1) is 22.6. The standard InChI is InChI=1S/C23H21ClN4O4S/c1-14-4-8-17(9-5-14)33(31,32)26-19-10-6-15(12-18(19)24)22(29)25-16-7-11-20-21(13-16)28(3)23(30)27(20)2/h4-13,26H,1-3H3,(H,25,29). The molecule has 2 N–H and O–H groups in total. The van der Waals surface area contributed by atoms with Gasteiger partial charge in [-0.2, -0.15) is 0 Å². The van der Waals surface area contributed by atoms with E-state index in [-0.39, 0.29) is 26.9 Å². The van der Waals surface area contributed by atoms with Crippen molar-refractivity contribution in [3.05, 3.63) is 87.3 Å². The number of benzene rings is 3. The summed E-state index contributed by atoms with van der Waals surface area (Å²) in [5.41, 5.74) is 3.12. The molecule has 4 rings (SSSR count). The number of halogens is 1. The third-order valence-electron chi connectivity index (χ3n) is 5.34. The van der Waals surface area contributed by atoms with Crippen molar-refractivity contribution in [1.29, 1.82) is 0 Å². The van der Waals surface area contributed by atoms with E-state index in [1.54, 1.807) is 44.4 Å². The molecule has 0 unspecified atom stereocenters. The lowest BCUT2D eigenvalue weighted by Crippen LogP contribution is -2.19. The first-order chi connectivity index (χ1) is 15.6. The molecular weight excluding hydrogens is 464 g/mol. The van der Waals surface area contributed by atoms with Gasteiger partial charge >= 0.3 is 5.69 Å². The van der Waals surface area contributed by atoms with Crippen LogP contribution in [0.2, 0.25) is 5.02 Å². The minimum atomic E-state index is -3.83. The summed E-state index contributed by atoms with van der Waals surface area (Å²) in [6, 6.07) is 15.9. The van der Waals surface area contributed by atoms with Crippen LogP contribution in [-0.2, 0) is 24.1 Å². The summed E-state index contributed by atoms with van der Waals surface area (Å²) in [5, 5.41) is 2.85. The molecule has 0 aliphatic carbocycles. The van der Waals surface area contributed by atoms with E-state index in [4.69, 9.17) is 11.6 Å². The molecule has 8 nitrogen and oxygen atoms in total. The number of sulfonamides is 1. The Morgan fingerprint density at radius 2 is 1.58 bits per heavy atom. The second kappa shape index (κ2) is 8.42. The predicted octanol–water partition coefficient (Wildman–Crippen LogP) is 3.89. The number of rotatable bonds is 5. The van der Waals surface area contributed by atoms with Crippen molar-refractivity contribution in [1.82, 2.24) is 9.13 Å². The quantitative estimate of drug-likeness (QED) is 0.448. The molecule has 170 valence electrons. The number of fused-ring (bicyclic) bond motifs is 1. The van der Waals surface area contributed by atoms with Gasteiger partial charge in [-0.15, -0.1) is 0 Å². The van der Waals surface area contributed by atoms with Crippen LogP contribution in [0.3, 0.4) is 0 Å². The Hall–Kier alpha value is -3.56. The van der Waals surface area contributed by atoms with Gasteiger partial charge in [0.05, 0.1) is 26.6 Å². The van der Waals surface area contributed by atoms with Crippen LogP contribution < -0.4 is 15.7 Å². The molecule has 1 heterocycles. The maximum Gasteiger partial charge on any atom is 0.328 e. The zero-order chi connectivity index (χ0) is 23.9. The van der Waals surface area contributed by atoms with Crippen LogP contribution in [0.4, 0.5) is 11.4 Å². The number of hydrogen-bond donors (Lipinski definition) is 2. The van der Waals surface area contributed by atoms with E-state index in [9.17, 15) is 18.0 Å². The van der Waals surface area contributed by atoms with E-state index < -0.39 is 15.9 Å². The number of aromatic nitrogens is 2. The number of anilines is 2. The van der Waals surface area contributed by atoms with E-state index in [0.29, 0.717) is 11.2 Å². The smallest absolute Gasteiger partial charge is 0.322 e. The van der Waals surface area contributed by atoms with Crippen LogP contribution in [-0.4, -0.2) is 23.5 Å². The SMILES string of the molecule is Cc1ccc(S(=O)(=O)Nc2ccc(C(=O)Nc3ccc4c(c3)n(C)c(=O)n4C)cc2Cl)cc1. The molecule has 4 aromatic rings. The van der Waals surface area contributed by atoms with Gasteiger partial charge in [0, 0.05) is 25.3 Å². The fraction of sp³-hybridized carbons (Fsp3) is 0.130. The number of amides is 1. The van der Waals surface area contributed by atoms with Crippen molar-refractivity contribution >= 4 is 49.9 Å². The van der Waals surface area contributed by atoms with Crippen LogP contribution >= 0.6 is 11.6 Å². The molecule has 0 bridgehead atoms. The zero-order valence-corrected chi connectivity index (χ0v) is 19.7. The molecule has 1 aromatic heterocycles. The Morgan fingerprint density at radius 1 is 0.909 bits per heavy atom. The molecule has 0 atom stereocenters. The largest absolute Gasteiger partial charge is 0.328 e. The summed E-state index contributed by atoms with van der Waals surface area (Å²) >= 11 is 6.27. The van der Waals surface area contributed by atoms with Gasteiger partial charge in [0.25, 0.3) is 15.9 Å². The highest BCUT2D eigenvalue weighted by Gasteiger charge is 2.17. The Balaban J connectivity index is 1.54. The minimum absolute atomic E-state index is 0.0826. The Kier molecular flexibility index (Phi) is 5.77. The zero-order valence-electron chi connectivity index (χ0n) is 18.1. The molecular formula is C23H21ClN4O4S. The second-order valence-electron chi connectivity index (χ2n) is 7.67. The summed E-state index contributed by atoms with van der Waals surface area (Å²) in [5.74, 6) is -0.426. The number of nitrogens with zero attached hydrogens (tertiary/aromatic N) is 2. The highest BCUT2D eigenvalue weighted by molar-refractivity contribution is 7.92. The van der Waals surface area contributed by atoms with Gasteiger partial charge in [0.15, 0.2) is 0 Å². The molecule has 0 saturated heterocycles. The predicted molar refractivity (Wildman–Crippen MR) is 130 cm³/mol. The average Bonchev–Trinajstić information content (AvgIpc) is 2.99. The maximum absolute atomic E-state index is 12.7. The summed E-state index contributed by atoms with van der Waals surface area (Å²) in [6.07, 6.45) is 0. The molecule has 0 aliphatic rings. The fourth-order valence-electron chi connectivity index (χ4n) is 3.45. The van der Waals surface area contributed by atoms with E-state index in [2.05, 4.69) is 10.0 Å². The van der Waals surface area contributed by atoms with Gasteiger partial charge in [-0.3, -0.25) is 18.7 Å². The van der Waals surface area contributed by atoms with Crippen molar-refractivity contribution in [2.45, 2.75) is 11.8 Å². The van der Waals surface area contributed by atoms with E-state index in [1.807, 2.05) is 6.92 Å². The Morgan fingerprint density at radius 3 is 2.24 bits per heavy atom. The fourth-order valence-corrected chi connectivity index (χ4v) is 4.81. The number of nitrogens with one attached hydrogen (secondary N) is 2. The third kappa shape index (κ3) is 4.37. The van der Waals surface area contributed by atoms with Crippen molar-refractivity contribution < 1.29 is 13.2 Å². The monoisotopic (exact) mass is 484 g/mol. The molecule has 0 fully saturated rings. The Bertz CT molecular complexity index is 1550.